The van der Waals surface area contributed by atoms with Gasteiger partial charge in [0.05, 0.1) is 12.7 Å². The first-order valence-corrected chi connectivity index (χ1v) is 8.66. The van der Waals surface area contributed by atoms with Gasteiger partial charge in [-0.3, -0.25) is 4.79 Å². The number of hydrogen-bond acceptors (Lipinski definition) is 3. The van der Waals surface area contributed by atoms with Crippen molar-refractivity contribution >= 4 is 28.5 Å². The van der Waals surface area contributed by atoms with Crippen LogP contribution in [-0.4, -0.2) is 29.6 Å². The van der Waals surface area contributed by atoms with Crippen LogP contribution < -0.4 is 4.90 Å². The van der Waals surface area contributed by atoms with E-state index in [1.165, 1.54) is 12.7 Å². The molecule has 0 radical (unpaired) electrons. The molecule has 4 rings (SSSR count). The topological polar surface area (TPSA) is 51.5 Å². The Morgan fingerprint density at radius 2 is 1.85 bits per heavy atom. The Balaban J connectivity index is 1.70. The normalized spacial score (nSPS) is 15.9. The molecular weight excluding hydrogens is 328 g/mol. The zero-order valence-electron chi connectivity index (χ0n) is 14.8. The monoisotopic (exact) mass is 348 g/mol. The number of nitrogens with zero attached hydrogens (tertiary/aromatic N) is 2. The summed E-state index contributed by atoms with van der Waals surface area (Å²) < 4.78 is 6.71. The van der Waals surface area contributed by atoms with Crippen molar-refractivity contribution in [1.29, 1.82) is 0 Å². The second kappa shape index (κ2) is 6.33. The van der Waals surface area contributed by atoms with Gasteiger partial charge in [-0.25, -0.2) is 4.79 Å². The lowest BCUT2D eigenvalue weighted by Gasteiger charge is -2.23. The Morgan fingerprint density at radius 1 is 1.12 bits per heavy atom. The minimum Gasteiger partial charge on any atom is -0.465 e. The Bertz CT molecular complexity index is 1010. The number of carbonyl (C=O) groups excluding carboxylic acids is 2. The van der Waals surface area contributed by atoms with Crippen LogP contribution in [-0.2, 0) is 22.5 Å². The van der Waals surface area contributed by atoms with Gasteiger partial charge in [0.25, 0.3) is 0 Å². The quantitative estimate of drug-likeness (QED) is 0.682. The molecule has 0 unspecified atom stereocenters. The van der Waals surface area contributed by atoms with Crippen molar-refractivity contribution in [2.45, 2.75) is 25.9 Å². The predicted octanol–water partition coefficient (Wildman–Crippen LogP) is 3.41. The molecule has 132 valence electrons. The molecule has 0 saturated heterocycles. The lowest BCUT2D eigenvalue weighted by atomic mass is 10.1. The van der Waals surface area contributed by atoms with E-state index in [9.17, 15) is 9.59 Å². The summed E-state index contributed by atoms with van der Waals surface area (Å²) in [7, 11) is 1.36. The molecule has 1 aliphatic heterocycles. The minimum atomic E-state index is -0.396. The number of amides is 1. The molecule has 2 aromatic carbocycles. The highest BCUT2D eigenvalue weighted by Gasteiger charge is 2.30. The number of rotatable bonds is 3. The fourth-order valence-electron chi connectivity index (χ4n) is 3.82. The largest absolute Gasteiger partial charge is 0.465 e. The Hall–Kier alpha value is -3.08. The molecule has 1 aromatic heterocycles. The first-order chi connectivity index (χ1) is 12.6. The third-order valence-corrected chi connectivity index (χ3v) is 4.98. The molecule has 0 aliphatic carbocycles. The highest BCUT2D eigenvalue weighted by atomic mass is 16.5. The molecule has 5 heteroatoms. The second-order valence-electron chi connectivity index (χ2n) is 6.63. The number of fused-ring (bicyclic) bond motifs is 2. The molecule has 3 aromatic rings. The molecule has 0 saturated carbocycles. The average Bonchev–Trinajstić information content (AvgIpc) is 3.18. The molecule has 26 heavy (non-hydrogen) atoms. The van der Waals surface area contributed by atoms with E-state index in [0.29, 0.717) is 5.56 Å². The number of para-hydroxylation sites is 2. The van der Waals surface area contributed by atoms with Crippen LogP contribution in [0.3, 0.4) is 0 Å². The summed E-state index contributed by atoms with van der Waals surface area (Å²) in [6, 6.07) is 15.7. The van der Waals surface area contributed by atoms with E-state index in [4.69, 9.17) is 4.74 Å². The van der Waals surface area contributed by atoms with Crippen LogP contribution >= 0.6 is 0 Å². The zero-order valence-corrected chi connectivity index (χ0v) is 14.8. The maximum Gasteiger partial charge on any atom is 0.340 e. The highest BCUT2D eigenvalue weighted by molar-refractivity contribution is 6.05. The molecule has 0 spiro atoms. The molecule has 1 amide bonds. The number of hydrogen-bond donors (Lipinski definition) is 0. The van der Waals surface area contributed by atoms with Crippen molar-refractivity contribution in [3.63, 3.8) is 0 Å². The molecule has 1 aliphatic rings. The van der Waals surface area contributed by atoms with Crippen LogP contribution in [0.25, 0.3) is 10.9 Å². The van der Waals surface area contributed by atoms with Crippen LogP contribution in [0.4, 0.5) is 5.69 Å². The van der Waals surface area contributed by atoms with Gasteiger partial charge in [0.2, 0.25) is 5.91 Å². The standard InChI is InChI=1S/C21H20N2O3/c1-14-11-15-7-3-5-9-18(15)23(14)20(24)13-22-12-17(21(25)26-2)16-8-4-6-10-19(16)22/h3-10,12,14H,11,13H2,1-2H3/t14-/m0/s1. The first kappa shape index (κ1) is 16.4. The summed E-state index contributed by atoms with van der Waals surface area (Å²) in [6.07, 6.45) is 2.57. The smallest absolute Gasteiger partial charge is 0.340 e. The predicted molar refractivity (Wildman–Crippen MR) is 100 cm³/mol. The summed E-state index contributed by atoms with van der Waals surface area (Å²) in [4.78, 5) is 27.0. The summed E-state index contributed by atoms with van der Waals surface area (Å²) in [6.45, 7) is 2.24. The van der Waals surface area contributed by atoms with E-state index >= 15 is 0 Å². The number of methoxy groups -OCH3 is 1. The highest BCUT2D eigenvalue weighted by Crippen LogP contribution is 2.32. The van der Waals surface area contributed by atoms with E-state index in [0.717, 1.165) is 23.0 Å². The van der Waals surface area contributed by atoms with Crippen molar-refractivity contribution in [2.24, 2.45) is 0 Å². The molecule has 5 nitrogen and oxygen atoms in total. The van der Waals surface area contributed by atoms with E-state index in [1.54, 1.807) is 6.20 Å². The van der Waals surface area contributed by atoms with Gasteiger partial charge < -0.3 is 14.2 Å². The van der Waals surface area contributed by atoms with Gasteiger partial charge in [-0.2, -0.15) is 0 Å². The second-order valence-corrected chi connectivity index (χ2v) is 6.63. The van der Waals surface area contributed by atoms with Gasteiger partial charge in [0, 0.05) is 28.8 Å². The van der Waals surface area contributed by atoms with Gasteiger partial charge in [-0.1, -0.05) is 36.4 Å². The van der Waals surface area contributed by atoms with E-state index in [-0.39, 0.29) is 18.5 Å². The molecule has 1 atom stereocenters. The maximum atomic E-state index is 13.1. The van der Waals surface area contributed by atoms with Crippen LogP contribution in [0, 0.1) is 0 Å². The zero-order chi connectivity index (χ0) is 18.3. The number of aromatic nitrogens is 1. The number of carbonyl (C=O) groups is 2. The number of anilines is 1. The number of benzene rings is 2. The van der Waals surface area contributed by atoms with Crippen molar-refractivity contribution < 1.29 is 14.3 Å². The number of esters is 1. The molecule has 0 fully saturated rings. The first-order valence-electron chi connectivity index (χ1n) is 8.66. The Morgan fingerprint density at radius 3 is 2.65 bits per heavy atom. The third kappa shape index (κ3) is 2.56. The summed E-state index contributed by atoms with van der Waals surface area (Å²) >= 11 is 0. The minimum absolute atomic E-state index is 0.0135. The fourth-order valence-corrected chi connectivity index (χ4v) is 3.82. The van der Waals surface area contributed by atoms with Crippen molar-refractivity contribution in [3.8, 4) is 0 Å². The molecule has 0 bridgehead atoms. The maximum absolute atomic E-state index is 13.1. The summed E-state index contributed by atoms with van der Waals surface area (Å²) in [5, 5.41) is 0.794. The van der Waals surface area contributed by atoms with Gasteiger partial charge in [0.1, 0.15) is 6.54 Å². The fraction of sp³-hybridized carbons (Fsp3) is 0.238. The van der Waals surface area contributed by atoms with Gasteiger partial charge in [-0.05, 0) is 31.0 Å². The Labute approximate surface area is 151 Å². The molecular formula is C21H20N2O3. The van der Waals surface area contributed by atoms with Crippen LogP contribution in [0.2, 0.25) is 0 Å². The van der Waals surface area contributed by atoms with Crippen molar-refractivity contribution in [2.75, 3.05) is 12.0 Å². The third-order valence-electron chi connectivity index (χ3n) is 4.98. The Kier molecular flexibility index (Phi) is 3.99. The van der Waals surface area contributed by atoms with Crippen LogP contribution in [0.5, 0.6) is 0 Å². The van der Waals surface area contributed by atoms with Crippen molar-refractivity contribution in [3.05, 3.63) is 65.9 Å². The van der Waals surface area contributed by atoms with Gasteiger partial charge in [-0.15, -0.1) is 0 Å². The van der Waals surface area contributed by atoms with E-state index < -0.39 is 5.97 Å². The summed E-state index contributed by atoms with van der Waals surface area (Å²) in [5.41, 5.74) is 3.50. The molecule has 0 N–H and O–H groups in total. The van der Waals surface area contributed by atoms with Crippen LogP contribution in [0.15, 0.2) is 54.7 Å². The molecule has 2 heterocycles. The average molecular weight is 348 g/mol. The van der Waals surface area contributed by atoms with Gasteiger partial charge >= 0.3 is 5.97 Å². The lowest BCUT2D eigenvalue weighted by molar-refractivity contribution is -0.119. The SMILES string of the molecule is COC(=O)c1cn(CC(=O)N2c3ccccc3C[C@@H]2C)c2ccccc12. The van der Waals surface area contributed by atoms with Gasteiger partial charge in [0.15, 0.2) is 0 Å². The van der Waals surface area contributed by atoms with E-state index in [1.807, 2.05) is 51.9 Å². The number of ether oxygens (including phenoxy) is 1. The summed E-state index contributed by atoms with van der Waals surface area (Å²) in [5.74, 6) is -0.382. The van der Waals surface area contributed by atoms with Crippen LogP contribution in [0.1, 0.15) is 22.8 Å². The van der Waals surface area contributed by atoms with Crippen molar-refractivity contribution in [1.82, 2.24) is 4.57 Å². The van der Waals surface area contributed by atoms with E-state index in [2.05, 4.69) is 13.0 Å². The lowest BCUT2D eigenvalue weighted by Crippen LogP contribution is -2.37.